The smallest absolute Gasteiger partial charge is 0.275 e. The van der Waals surface area contributed by atoms with E-state index in [4.69, 9.17) is 5.73 Å². The molecule has 0 saturated carbocycles. The Morgan fingerprint density at radius 1 is 1.10 bits per heavy atom. The Labute approximate surface area is 173 Å². The predicted molar refractivity (Wildman–Crippen MR) is 111 cm³/mol. The minimum absolute atomic E-state index is 0.0167. The Morgan fingerprint density at radius 3 is 2.40 bits per heavy atom. The first-order valence-corrected chi connectivity index (χ1v) is 9.45. The van der Waals surface area contributed by atoms with Gasteiger partial charge in [-0.15, -0.1) is 5.10 Å². The van der Waals surface area contributed by atoms with Gasteiger partial charge in [0.25, 0.3) is 5.91 Å². The topological polar surface area (TPSA) is 115 Å². The summed E-state index contributed by atoms with van der Waals surface area (Å²) >= 11 is 0. The van der Waals surface area contributed by atoms with Gasteiger partial charge in [0, 0.05) is 12.2 Å². The highest BCUT2D eigenvalue weighted by Crippen LogP contribution is 2.17. The minimum atomic E-state index is -0.534. The highest BCUT2D eigenvalue weighted by atomic mass is 19.1. The maximum absolute atomic E-state index is 12.9. The first-order chi connectivity index (χ1) is 14.3. The molecule has 1 aromatic heterocycles. The Hall–Kier alpha value is -3.75. The number of nitrogens with zero attached hydrogens (tertiary/aromatic N) is 3. The largest absolute Gasteiger partial charge is 0.382 e. The third-order valence-electron chi connectivity index (χ3n) is 4.51. The number of carbonyl (C=O) groups excluding carboxylic acids is 2. The Balaban J connectivity index is 1.57. The standard InChI is InChI=1S/C21H23FN6O2/c1-13(2)15-5-9-17(10-6-15)25-18(29)12-28-20(23)19(26-27-28)21(30)24-11-14-3-7-16(22)8-4-14/h3-10,13H,11-12,23H2,1-2H3,(H,24,30)(H,25,29). The molecule has 0 fully saturated rings. The Kier molecular flexibility index (Phi) is 6.41. The number of anilines is 2. The van der Waals surface area contributed by atoms with E-state index in [0.29, 0.717) is 11.6 Å². The van der Waals surface area contributed by atoms with Crippen LogP contribution < -0.4 is 16.4 Å². The van der Waals surface area contributed by atoms with E-state index in [1.807, 2.05) is 24.3 Å². The van der Waals surface area contributed by atoms with Crippen LogP contribution in [-0.4, -0.2) is 26.8 Å². The van der Waals surface area contributed by atoms with Gasteiger partial charge in [0.2, 0.25) is 5.91 Å². The van der Waals surface area contributed by atoms with Gasteiger partial charge in [0.05, 0.1) is 0 Å². The maximum atomic E-state index is 12.9. The van der Waals surface area contributed by atoms with E-state index in [2.05, 4.69) is 34.8 Å². The SMILES string of the molecule is CC(C)c1ccc(NC(=O)Cn2nnc(C(=O)NCc3ccc(F)cc3)c2N)cc1. The van der Waals surface area contributed by atoms with Crippen molar-refractivity contribution in [3.63, 3.8) is 0 Å². The third-order valence-corrected chi connectivity index (χ3v) is 4.51. The molecular formula is C21H23FN6O2. The van der Waals surface area contributed by atoms with Crippen molar-refractivity contribution in [1.29, 1.82) is 0 Å². The molecule has 0 unspecified atom stereocenters. The second-order valence-electron chi connectivity index (χ2n) is 7.11. The zero-order valence-electron chi connectivity index (χ0n) is 16.7. The van der Waals surface area contributed by atoms with E-state index in [1.165, 1.54) is 17.7 Å². The van der Waals surface area contributed by atoms with Crippen LogP contribution in [0, 0.1) is 5.82 Å². The first kappa shape index (κ1) is 21.0. The lowest BCUT2D eigenvalue weighted by Gasteiger charge is -2.09. The summed E-state index contributed by atoms with van der Waals surface area (Å²) in [5.74, 6) is -0.851. The normalized spacial score (nSPS) is 10.8. The van der Waals surface area contributed by atoms with Gasteiger partial charge in [-0.3, -0.25) is 9.59 Å². The lowest BCUT2D eigenvalue weighted by atomic mass is 10.0. The molecule has 0 spiro atoms. The number of carbonyl (C=O) groups is 2. The number of hydrogen-bond acceptors (Lipinski definition) is 5. The molecule has 0 bridgehead atoms. The highest BCUT2D eigenvalue weighted by Gasteiger charge is 2.18. The fourth-order valence-electron chi connectivity index (χ4n) is 2.76. The first-order valence-electron chi connectivity index (χ1n) is 9.45. The maximum Gasteiger partial charge on any atom is 0.275 e. The molecule has 2 amide bonds. The van der Waals surface area contributed by atoms with Gasteiger partial charge < -0.3 is 16.4 Å². The third kappa shape index (κ3) is 5.19. The lowest BCUT2D eigenvalue weighted by molar-refractivity contribution is -0.116. The van der Waals surface area contributed by atoms with Crippen LogP contribution in [0.4, 0.5) is 15.9 Å². The number of nitrogen functional groups attached to an aromatic ring is 1. The van der Waals surface area contributed by atoms with Crippen LogP contribution in [0.3, 0.4) is 0 Å². The number of nitrogens with two attached hydrogens (primary N) is 1. The van der Waals surface area contributed by atoms with Crippen molar-refractivity contribution in [2.45, 2.75) is 32.9 Å². The molecule has 9 heteroatoms. The van der Waals surface area contributed by atoms with Crippen molar-refractivity contribution in [3.05, 3.63) is 71.2 Å². The fourth-order valence-corrected chi connectivity index (χ4v) is 2.76. The molecule has 0 atom stereocenters. The zero-order valence-corrected chi connectivity index (χ0v) is 16.7. The number of halogens is 1. The summed E-state index contributed by atoms with van der Waals surface area (Å²) < 4.78 is 14.1. The number of benzene rings is 2. The molecule has 3 rings (SSSR count). The van der Waals surface area contributed by atoms with E-state index in [1.54, 1.807) is 12.1 Å². The number of amides is 2. The Morgan fingerprint density at radius 2 is 1.77 bits per heavy atom. The molecule has 2 aromatic carbocycles. The van der Waals surface area contributed by atoms with Crippen LogP contribution in [-0.2, 0) is 17.9 Å². The van der Waals surface area contributed by atoms with Crippen molar-refractivity contribution in [1.82, 2.24) is 20.3 Å². The molecule has 0 saturated heterocycles. The average molecular weight is 410 g/mol. The number of nitrogens with one attached hydrogen (secondary N) is 2. The molecule has 156 valence electrons. The van der Waals surface area contributed by atoms with Crippen LogP contribution in [0.25, 0.3) is 0 Å². The van der Waals surface area contributed by atoms with Crippen molar-refractivity contribution in [3.8, 4) is 0 Å². The molecule has 0 aliphatic heterocycles. The van der Waals surface area contributed by atoms with Crippen molar-refractivity contribution in [2.24, 2.45) is 0 Å². The number of aromatic nitrogens is 3. The molecule has 3 aromatic rings. The summed E-state index contributed by atoms with van der Waals surface area (Å²) in [5, 5.41) is 13.0. The number of rotatable bonds is 7. The summed E-state index contributed by atoms with van der Waals surface area (Å²) in [7, 11) is 0. The second-order valence-corrected chi connectivity index (χ2v) is 7.11. The van der Waals surface area contributed by atoms with Crippen LogP contribution >= 0.6 is 0 Å². The highest BCUT2D eigenvalue weighted by molar-refractivity contribution is 5.96. The quantitative estimate of drug-likeness (QED) is 0.554. The molecule has 30 heavy (non-hydrogen) atoms. The van der Waals surface area contributed by atoms with E-state index in [9.17, 15) is 14.0 Å². The van der Waals surface area contributed by atoms with E-state index in [-0.39, 0.29) is 36.3 Å². The van der Waals surface area contributed by atoms with Gasteiger partial charge >= 0.3 is 0 Å². The van der Waals surface area contributed by atoms with Gasteiger partial charge in [-0.1, -0.05) is 43.3 Å². The summed E-state index contributed by atoms with van der Waals surface area (Å²) in [6.07, 6.45) is 0. The molecule has 0 aliphatic carbocycles. The molecule has 0 radical (unpaired) electrons. The van der Waals surface area contributed by atoms with Gasteiger partial charge in [-0.05, 0) is 41.3 Å². The second kappa shape index (κ2) is 9.17. The Bertz CT molecular complexity index is 1030. The van der Waals surface area contributed by atoms with Gasteiger partial charge in [0.1, 0.15) is 12.4 Å². The molecular weight excluding hydrogens is 387 g/mol. The number of hydrogen-bond donors (Lipinski definition) is 3. The molecule has 4 N–H and O–H groups in total. The van der Waals surface area contributed by atoms with Crippen LogP contribution in [0.5, 0.6) is 0 Å². The van der Waals surface area contributed by atoms with E-state index in [0.717, 1.165) is 10.2 Å². The van der Waals surface area contributed by atoms with E-state index >= 15 is 0 Å². The van der Waals surface area contributed by atoms with Crippen LogP contribution in [0.15, 0.2) is 48.5 Å². The lowest BCUT2D eigenvalue weighted by Crippen LogP contribution is -2.25. The van der Waals surface area contributed by atoms with Crippen molar-refractivity contribution < 1.29 is 14.0 Å². The fraction of sp³-hybridized carbons (Fsp3) is 0.238. The van der Waals surface area contributed by atoms with Gasteiger partial charge in [0.15, 0.2) is 11.5 Å². The predicted octanol–water partition coefficient (Wildman–Crippen LogP) is 2.69. The van der Waals surface area contributed by atoms with Gasteiger partial charge in [-0.2, -0.15) is 0 Å². The van der Waals surface area contributed by atoms with Gasteiger partial charge in [-0.25, -0.2) is 9.07 Å². The molecule has 0 aliphatic rings. The zero-order chi connectivity index (χ0) is 21.7. The van der Waals surface area contributed by atoms with Crippen LogP contribution in [0.1, 0.15) is 41.4 Å². The van der Waals surface area contributed by atoms with E-state index < -0.39 is 5.91 Å². The summed E-state index contributed by atoms with van der Waals surface area (Å²) in [6, 6.07) is 13.3. The van der Waals surface area contributed by atoms with Crippen molar-refractivity contribution >= 4 is 23.3 Å². The molecule has 8 nitrogen and oxygen atoms in total. The monoisotopic (exact) mass is 410 g/mol. The summed E-state index contributed by atoms with van der Waals surface area (Å²) in [6.45, 7) is 4.18. The minimum Gasteiger partial charge on any atom is -0.382 e. The summed E-state index contributed by atoms with van der Waals surface area (Å²) in [4.78, 5) is 24.6. The van der Waals surface area contributed by atoms with Crippen molar-refractivity contribution in [2.75, 3.05) is 11.1 Å². The van der Waals surface area contributed by atoms with Crippen LogP contribution in [0.2, 0.25) is 0 Å². The molecule has 1 heterocycles. The average Bonchev–Trinajstić information content (AvgIpc) is 3.08. The summed E-state index contributed by atoms with van der Waals surface area (Å²) in [5.41, 5.74) is 8.40.